The Bertz CT molecular complexity index is 859. The summed E-state index contributed by atoms with van der Waals surface area (Å²) in [6, 6.07) is 9.87. The molecule has 1 N–H and O–H groups in total. The third-order valence-electron chi connectivity index (χ3n) is 3.99. The third-order valence-corrected chi connectivity index (χ3v) is 4.76. The first-order valence-corrected chi connectivity index (χ1v) is 8.82. The van der Waals surface area contributed by atoms with Crippen molar-refractivity contribution in [2.45, 2.75) is 26.7 Å². The van der Waals surface area contributed by atoms with Gasteiger partial charge in [0, 0.05) is 29.9 Å². The molecule has 0 aliphatic heterocycles. The molecular weight excluding hydrogens is 318 g/mol. The highest BCUT2D eigenvalue weighted by Crippen LogP contribution is 2.24. The van der Waals surface area contributed by atoms with Crippen molar-refractivity contribution in [3.63, 3.8) is 0 Å². The number of hydrogen-bond donors (Lipinski definition) is 1. The summed E-state index contributed by atoms with van der Waals surface area (Å²) in [5, 5.41) is 5.99. The van der Waals surface area contributed by atoms with Crippen molar-refractivity contribution in [3.8, 4) is 11.3 Å². The van der Waals surface area contributed by atoms with Gasteiger partial charge in [-0.05, 0) is 36.6 Å². The molecular formula is C19H21N3OS. The van der Waals surface area contributed by atoms with Gasteiger partial charge in [-0.25, -0.2) is 4.98 Å². The lowest BCUT2D eigenvalue weighted by molar-refractivity contribution is 0.101. The molecule has 3 aromatic rings. The predicted octanol–water partition coefficient (Wildman–Crippen LogP) is 4.83. The predicted molar refractivity (Wildman–Crippen MR) is 99.7 cm³/mol. The lowest BCUT2D eigenvalue weighted by atomic mass is 10.0. The summed E-state index contributed by atoms with van der Waals surface area (Å²) in [4.78, 5) is 17.0. The zero-order chi connectivity index (χ0) is 17.3. The average Bonchev–Trinajstić information content (AvgIpc) is 3.13. The number of carbonyl (C=O) groups is 1. The zero-order valence-corrected chi connectivity index (χ0v) is 15.1. The molecule has 0 spiro atoms. The Hall–Kier alpha value is -2.40. The van der Waals surface area contributed by atoms with E-state index in [9.17, 15) is 4.79 Å². The molecule has 3 rings (SSSR count). The van der Waals surface area contributed by atoms with Gasteiger partial charge in [0.2, 0.25) is 0 Å². The van der Waals surface area contributed by atoms with Gasteiger partial charge in [-0.1, -0.05) is 26.0 Å². The molecule has 1 aromatic carbocycles. The second-order valence-electron chi connectivity index (χ2n) is 6.21. The fourth-order valence-electron chi connectivity index (χ4n) is 2.57. The number of benzene rings is 1. The Labute approximate surface area is 146 Å². The Morgan fingerprint density at radius 3 is 2.54 bits per heavy atom. The molecule has 0 saturated heterocycles. The van der Waals surface area contributed by atoms with E-state index >= 15 is 0 Å². The number of amides is 1. The minimum Gasteiger partial charge on any atom is -0.346 e. The van der Waals surface area contributed by atoms with E-state index < -0.39 is 0 Å². The molecule has 0 atom stereocenters. The molecule has 2 heterocycles. The van der Waals surface area contributed by atoms with E-state index in [1.807, 2.05) is 48.3 Å². The highest BCUT2D eigenvalue weighted by Gasteiger charge is 2.14. The van der Waals surface area contributed by atoms with E-state index in [0.29, 0.717) is 11.6 Å². The first kappa shape index (κ1) is 16.5. The molecule has 0 bridgehead atoms. The van der Waals surface area contributed by atoms with E-state index in [1.165, 1.54) is 5.56 Å². The Morgan fingerprint density at radius 1 is 1.25 bits per heavy atom. The number of rotatable bonds is 4. The number of hydrogen-bond acceptors (Lipinski definition) is 3. The normalized spacial score (nSPS) is 11.0. The fraction of sp³-hybridized carbons (Fsp3) is 0.263. The number of anilines is 1. The number of aryl methyl sites for hydroxylation is 2. The van der Waals surface area contributed by atoms with Crippen molar-refractivity contribution in [1.29, 1.82) is 0 Å². The van der Waals surface area contributed by atoms with E-state index in [-0.39, 0.29) is 5.91 Å². The van der Waals surface area contributed by atoms with Crippen LogP contribution in [0.2, 0.25) is 0 Å². The van der Waals surface area contributed by atoms with Crippen LogP contribution in [0.3, 0.4) is 0 Å². The van der Waals surface area contributed by atoms with Gasteiger partial charge in [-0.3, -0.25) is 4.79 Å². The van der Waals surface area contributed by atoms with Crippen molar-refractivity contribution in [3.05, 3.63) is 58.2 Å². The second-order valence-corrected chi connectivity index (χ2v) is 7.27. The van der Waals surface area contributed by atoms with Crippen LogP contribution in [0, 0.1) is 6.92 Å². The van der Waals surface area contributed by atoms with Gasteiger partial charge < -0.3 is 9.88 Å². The molecule has 0 saturated carbocycles. The lowest BCUT2D eigenvalue weighted by Crippen LogP contribution is -2.15. The summed E-state index contributed by atoms with van der Waals surface area (Å²) in [6.07, 6.45) is 1.94. The Morgan fingerprint density at radius 2 is 1.96 bits per heavy atom. The summed E-state index contributed by atoms with van der Waals surface area (Å²) < 4.78 is 1.84. The van der Waals surface area contributed by atoms with Crippen molar-refractivity contribution >= 4 is 22.9 Å². The number of thiazole rings is 1. The maximum atomic E-state index is 12.6. The van der Waals surface area contributed by atoms with Crippen LogP contribution in [-0.2, 0) is 7.05 Å². The maximum Gasteiger partial charge on any atom is 0.272 e. The Kier molecular flexibility index (Phi) is 4.53. The number of nitrogens with one attached hydrogen (secondary N) is 1. The topological polar surface area (TPSA) is 46.9 Å². The molecule has 0 fully saturated rings. The highest BCUT2D eigenvalue weighted by molar-refractivity contribution is 7.09. The summed E-state index contributed by atoms with van der Waals surface area (Å²) in [7, 11) is 1.87. The summed E-state index contributed by atoms with van der Waals surface area (Å²) in [6.45, 7) is 6.28. The standard InChI is InChI=1S/C19H21N3OS/c1-12(2)14-5-7-16(8-6-14)21-19(23)18-9-15(10-22(18)4)17-11-24-13(3)20-17/h5-12H,1-4H3,(H,21,23). The van der Waals surface area contributed by atoms with Gasteiger partial charge in [0.05, 0.1) is 10.7 Å². The molecule has 24 heavy (non-hydrogen) atoms. The number of nitrogens with zero attached hydrogens (tertiary/aromatic N) is 2. The second kappa shape index (κ2) is 6.61. The summed E-state index contributed by atoms with van der Waals surface area (Å²) >= 11 is 1.61. The van der Waals surface area contributed by atoms with Crippen LogP contribution in [0.25, 0.3) is 11.3 Å². The fourth-order valence-corrected chi connectivity index (χ4v) is 3.19. The van der Waals surface area contributed by atoms with Gasteiger partial charge in [0.1, 0.15) is 5.69 Å². The molecule has 4 nitrogen and oxygen atoms in total. The van der Waals surface area contributed by atoms with E-state index in [4.69, 9.17) is 0 Å². The lowest BCUT2D eigenvalue weighted by Gasteiger charge is -2.08. The van der Waals surface area contributed by atoms with Gasteiger partial charge in [-0.2, -0.15) is 0 Å². The van der Waals surface area contributed by atoms with Gasteiger partial charge >= 0.3 is 0 Å². The molecule has 0 aliphatic carbocycles. The van der Waals surface area contributed by atoms with Gasteiger partial charge in [0.15, 0.2) is 0 Å². The van der Waals surface area contributed by atoms with Gasteiger partial charge in [0.25, 0.3) is 5.91 Å². The van der Waals surface area contributed by atoms with Crippen LogP contribution in [-0.4, -0.2) is 15.5 Å². The van der Waals surface area contributed by atoms with Crippen LogP contribution < -0.4 is 5.32 Å². The zero-order valence-electron chi connectivity index (χ0n) is 14.3. The molecule has 5 heteroatoms. The quantitative estimate of drug-likeness (QED) is 0.740. The van der Waals surface area contributed by atoms with Crippen molar-refractivity contribution in [1.82, 2.24) is 9.55 Å². The SMILES string of the molecule is Cc1nc(-c2cc(C(=O)Nc3ccc(C(C)C)cc3)n(C)c2)cs1. The van der Waals surface area contributed by atoms with Crippen LogP contribution in [0.4, 0.5) is 5.69 Å². The van der Waals surface area contributed by atoms with Crippen molar-refractivity contribution in [2.75, 3.05) is 5.32 Å². The summed E-state index contributed by atoms with van der Waals surface area (Å²) in [5.74, 6) is 0.361. The van der Waals surface area contributed by atoms with E-state index in [2.05, 4.69) is 36.3 Å². The Balaban J connectivity index is 1.79. The van der Waals surface area contributed by atoms with Crippen molar-refractivity contribution in [2.24, 2.45) is 7.05 Å². The van der Waals surface area contributed by atoms with Crippen LogP contribution in [0.5, 0.6) is 0 Å². The number of aromatic nitrogens is 2. The highest BCUT2D eigenvalue weighted by atomic mass is 32.1. The minimum atomic E-state index is -0.118. The van der Waals surface area contributed by atoms with Crippen LogP contribution >= 0.6 is 11.3 Å². The molecule has 1 amide bonds. The van der Waals surface area contributed by atoms with Crippen LogP contribution in [0.1, 0.15) is 40.8 Å². The monoisotopic (exact) mass is 339 g/mol. The van der Waals surface area contributed by atoms with E-state index in [0.717, 1.165) is 22.0 Å². The molecule has 0 radical (unpaired) electrons. The number of carbonyl (C=O) groups excluding carboxylic acids is 1. The third kappa shape index (κ3) is 3.41. The first-order valence-electron chi connectivity index (χ1n) is 7.94. The molecule has 0 aliphatic rings. The smallest absolute Gasteiger partial charge is 0.272 e. The first-order chi connectivity index (χ1) is 11.4. The average molecular weight is 339 g/mol. The largest absolute Gasteiger partial charge is 0.346 e. The van der Waals surface area contributed by atoms with E-state index in [1.54, 1.807) is 11.3 Å². The summed E-state index contributed by atoms with van der Waals surface area (Å²) in [5.41, 5.74) is 4.55. The molecule has 0 unspecified atom stereocenters. The van der Waals surface area contributed by atoms with Gasteiger partial charge in [-0.15, -0.1) is 11.3 Å². The van der Waals surface area contributed by atoms with Crippen LogP contribution in [0.15, 0.2) is 41.9 Å². The minimum absolute atomic E-state index is 0.118. The maximum absolute atomic E-state index is 12.6. The molecule has 124 valence electrons. The van der Waals surface area contributed by atoms with Crippen molar-refractivity contribution < 1.29 is 4.79 Å². The molecule has 2 aromatic heterocycles.